The summed E-state index contributed by atoms with van der Waals surface area (Å²) in [6.45, 7) is 1.77. The number of nitrogens with zero attached hydrogens (tertiary/aromatic N) is 1. The Morgan fingerprint density at radius 2 is 1.95 bits per heavy atom. The molecule has 1 atom stereocenters. The van der Waals surface area contributed by atoms with Crippen LogP contribution < -0.4 is 9.84 Å². The average Bonchev–Trinajstić information content (AvgIpc) is 2.84. The lowest BCUT2D eigenvalue weighted by Crippen LogP contribution is -2.10. The second-order valence-electron chi connectivity index (χ2n) is 4.98. The third-order valence-electron chi connectivity index (χ3n) is 3.32. The van der Waals surface area contributed by atoms with Crippen LogP contribution in [-0.2, 0) is 17.4 Å². The summed E-state index contributed by atoms with van der Waals surface area (Å²) in [6.07, 6.45) is 4.57. The fraction of sp³-hybridized carbons (Fsp3) is 0.357. The number of aromatic nitrogens is 1. The van der Waals surface area contributed by atoms with Crippen molar-refractivity contribution < 1.29 is 4.57 Å². The second kappa shape index (κ2) is 5.10. The van der Waals surface area contributed by atoms with Crippen LogP contribution in [0.25, 0.3) is 0 Å². The van der Waals surface area contributed by atoms with Crippen LogP contribution in [0.1, 0.15) is 23.4 Å². The summed E-state index contributed by atoms with van der Waals surface area (Å²) in [5, 5.41) is 3.15. The minimum Gasteiger partial charge on any atom is -0.331 e. The molecule has 0 saturated heterocycles. The predicted octanol–water partition coefficient (Wildman–Crippen LogP) is 3.67. The topological polar surface area (TPSA) is 42.0 Å². The van der Waals surface area contributed by atoms with Crippen LogP contribution in [-0.4, -0.2) is 11.6 Å². The third kappa shape index (κ3) is 2.75. The van der Waals surface area contributed by atoms with Crippen molar-refractivity contribution in [2.75, 3.05) is 11.8 Å². The molecule has 0 spiro atoms. The lowest BCUT2D eigenvalue weighted by molar-refractivity contribution is 0.587. The van der Waals surface area contributed by atoms with E-state index >= 15 is 0 Å². The molecule has 0 saturated carbocycles. The highest BCUT2D eigenvalue weighted by atomic mass is 32.1. The molecule has 0 unspecified atom stereocenters. The number of thiazole rings is 1. The minimum atomic E-state index is -2.61. The standard InChI is InChI=1S/C14H17N2OPS/c1-18(17,16-11-7-3-2-4-8-11)14-15-12-9-5-6-10-13(12)19-14/h2-4,7-8H,5-6,9-10H2,1H3,(H,16,17)/t18-/m0/s1. The van der Waals surface area contributed by atoms with Gasteiger partial charge in [0.05, 0.1) is 5.69 Å². The number of rotatable bonds is 3. The molecule has 1 aliphatic rings. The quantitative estimate of drug-likeness (QED) is 0.878. The molecule has 3 nitrogen and oxygen atoms in total. The Bertz CT molecular complexity index is 600. The van der Waals surface area contributed by atoms with Crippen LogP contribution >= 0.6 is 18.6 Å². The molecule has 0 bridgehead atoms. The molecular formula is C14H17N2OPS. The van der Waals surface area contributed by atoms with Gasteiger partial charge in [-0.3, -0.25) is 4.57 Å². The molecule has 1 aliphatic carbocycles. The number of nitrogens with one attached hydrogen (secondary N) is 1. The van der Waals surface area contributed by atoms with Gasteiger partial charge in [0.1, 0.15) is 0 Å². The van der Waals surface area contributed by atoms with Crippen LogP contribution in [0, 0.1) is 0 Å². The van der Waals surface area contributed by atoms with Gasteiger partial charge in [0.2, 0.25) is 7.29 Å². The lowest BCUT2D eigenvalue weighted by Gasteiger charge is -2.13. The van der Waals surface area contributed by atoms with Crippen LogP contribution in [0.15, 0.2) is 30.3 Å². The molecular weight excluding hydrogens is 275 g/mol. The maximum atomic E-state index is 12.8. The molecule has 1 aromatic heterocycles. The Labute approximate surface area is 117 Å². The highest BCUT2D eigenvalue weighted by molar-refractivity contribution is 7.77. The van der Waals surface area contributed by atoms with Crippen LogP contribution in [0.5, 0.6) is 0 Å². The van der Waals surface area contributed by atoms with Crippen LogP contribution in [0.2, 0.25) is 0 Å². The molecule has 0 aliphatic heterocycles. The van der Waals surface area contributed by atoms with E-state index in [1.165, 1.54) is 23.4 Å². The lowest BCUT2D eigenvalue weighted by atomic mass is 10.0. The molecule has 19 heavy (non-hydrogen) atoms. The van der Waals surface area contributed by atoms with E-state index in [0.717, 1.165) is 23.3 Å². The molecule has 0 fully saturated rings. The molecule has 1 aromatic carbocycles. The van der Waals surface area contributed by atoms with Gasteiger partial charge in [-0.05, 0) is 37.8 Å². The first kappa shape index (κ1) is 12.9. The Morgan fingerprint density at radius 3 is 2.68 bits per heavy atom. The highest BCUT2D eigenvalue weighted by Gasteiger charge is 2.25. The number of fused-ring (bicyclic) bond motifs is 1. The number of hydrogen-bond acceptors (Lipinski definition) is 3. The van der Waals surface area contributed by atoms with E-state index in [9.17, 15) is 4.57 Å². The Morgan fingerprint density at radius 1 is 1.21 bits per heavy atom. The van der Waals surface area contributed by atoms with Gasteiger partial charge >= 0.3 is 0 Å². The van der Waals surface area contributed by atoms with E-state index in [1.807, 2.05) is 30.3 Å². The Balaban J connectivity index is 1.87. The number of aryl methyl sites for hydroxylation is 2. The van der Waals surface area contributed by atoms with Crippen LogP contribution in [0.4, 0.5) is 5.69 Å². The monoisotopic (exact) mass is 292 g/mol. The van der Waals surface area contributed by atoms with E-state index in [2.05, 4.69) is 10.1 Å². The smallest absolute Gasteiger partial charge is 0.223 e. The summed E-state index contributed by atoms with van der Waals surface area (Å²) in [5.74, 6) is 0. The van der Waals surface area contributed by atoms with Gasteiger partial charge in [0.25, 0.3) is 0 Å². The van der Waals surface area contributed by atoms with E-state index in [4.69, 9.17) is 0 Å². The summed E-state index contributed by atoms with van der Waals surface area (Å²) in [4.78, 5) is 5.94. The van der Waals surface area contributed by atoms with Crippen molar-refractivity contribution >= 4 is 29.1 Å². The zero-order valence-corrected chi connectivity index (χ0v) is 12.6. The third-order valence-corrected chi connectivity index (χ3v) is 7.11. The van der Waals surface area contributed by atoms with Gasteiger partial charge in [-0.2, -0.15) is 0 Å². The first-order chi connectivity index (χ1) is 9.15. The van der Waals surface area contributed by atoms with Crippen molar-refractivity contribution in [1.29, 1.82) is 0 Å². The molecule has 100 valence electrons. The maximum absolute atomic E-state index is 12.8. The maximum Gasteiger partial charge on any atom is 0.223 e. The molecule has 5 heteroatoms. The van der Waals surface area contributed by atoms with E-state index in [-0.39, 0.29) is 0 Å². The van der Waals surface area contributed by atoms with Gasteiger partial charge in [-0.1, -0.05) is 18.2 Å². The van der Waals surface area contributed by atoms with E-state index in [1.54, 1.807) is 18.0 Å². The van der Waals surface area contributed by atoms with Crippen molar-refractivity contribution in [2.45, 2.75) is 25.7 Å². The van der Waals surface area contributed by atoms with Gasteiger partial charge < -0.3 is 5.09 Å². The molecule has 1 N–H and O–H groups in total. The average molecular weight is 292 g/mol. The van der Waals surface area contributed by atoms with E-state index < -0.39 is 7.29 Å². The largest absolute Gasteiger partial charge is 0.331 e. The number of benzene rings is 1. The summed E-state index contributed by atoms with van der Waals surface area (Å²) in [6, 6.07) is 9.70. The minimum absolute atomic E-state index is 0.767. The number of anilines is 1. The van der Waals surface area contributed by atoms with Crippen LogP contribution in [0.3, 0.4) is 0 Å². The van der Waals surface area contributed by atoms with Gasteiger partial charge in [-0.25, -0.2) is 4.98 Å². The van der Waals surface area contributed by atoms with Gasteiger partial charge in [0.15, 0.2) is 4.75 Å². The first-order valence-corrected chi connectivity index (χ1v) is 9.52. The SMILES string of the molecule is C[P@@](=O)(Nc1ccccc1)c1nc2c(s1)CCCC2. The van der Waals surface area contributed by atoms with E-state index in [0.29, 0.717) is 0 Å². The fourth-order valence-corrected chi connectivity index (χ4v) is 5.43. The number of hydrogen-bond donors (Lipinski definition) is 1. The summed E-state index contributed by atoms with van der Waals surface area (Å²) in [5.41, 5.74) is 2.06. The normalized spacial score (nSPS) is 17.5. The number of para-hydroxylation sites is 1. The first-order valence-electron chi connectivity index (χ1n) is 6.55. The molecule has 0 radical (unpaired) electrons. The molecule has 0 amide bonds. The summed E-state index contributed by atoms with van der Waals surface area (Å²) in [7, 11) is -2.61. The zero-order chi connectivity index (χ0) is 13.3. The van der Waals surface area contributed by atoms with Crippen molar-refractivity contribution in [3.05, 3.63) is 40.9 Å². The molecule has 1 heterocycles. The summed E-state index contributed by atoms with van der Waals surface area (Å²) >= 11 is 1.62. The second-order valence-corrected chi connectivity index (χ2v) is 8.86. The van der Waals surface area contributed by atoms with Gasteiger partial charge in [0, 0.05) is 17.2 Å². The Hall–Kier alpha value is -1.12. The van der Waals surface area contributed by atoms with Crippen molar-refractivity contribution in [3.63, 3.8) is 0 Å². The summed E-state index contributed by atoms with van der Waals surface area (Å²) < 4.78 is 13.6. The Kier molecular flexibility index (Phi) is 3.46. The van der Waals surface area contributed by atoms with Gasteiger partial charge in [-0.15, -0.1) is 11.3 Å². The zero-order valence-electron chi connectivity index (χ0n) is 10.9. The highest BCUT2D eigenvalue weighted by Crippen LogP contribution is 2.42. The fourth-order valence-electron chi connectivity index (χ4n) is 2.33. The molecule has 2 aromatic rings. The predicted molar refractivity (Wildman–Crippen MR) is 82.0 cm³/mol. The van der Waals surface area contributed by atoms with Crippen molar-refractivity contribution in [1.82, 2.24) is 4.98 Å². The molecule has 3 rings (SSSR count). The van der Waals surface area contributed by atoms with Crippen molar-refractivity contribution in [3.8, 4) is 0 Å². The van der Waals surface area contributed by atoms with Crippen molar-refractivity contribution in [2.24, 2.45) is 0 Å².